The van der Waals surface area contributed by atoms with E-state index >= 15 is 0 Å². The van der Waals surface area contributed by atoms with Crippen molar-refractivity contribution in [3.63, 3.8) is 0 Å². The molecule has 1 saturated carbocycles. The summed E-state index contributed by atoms with van der Waals surface area (Å²) >= 11 is 0. The quantitative estimate of drug-likeness (QED) is 0.627. The van der Waals surface area contributed by atoms with Gasteiger partial charge < -0.3 is 20.5 Å². The molecule has 3 N–H and O–H groups in total. The van der Waals surface area contributed by atoms with Crippen molar-refractivity contribution in [2.24, 2.45) is 5.41 Å². The second-order valence-electron chi connectivity index (χ2n) is 5.31. The van der Waals surface area contributed by atoms with E-state index in [4.69, 9.17) is 9.84 Å². The highest BCUT2D eigenvalue weighted by Crippen LogP contribution is 2.44. The molecule has 5 heteroatoms. The number of hydrogen-bond donors (Lipinski definition) is 3. The van der Waals surface area contributed by atoms with Gasteiger partial charge in [-0.2, -0.15) is 0 Å². The van der Waals surface area contributed by atoms with Gasteiger partial charge in [0.1, 0.15) is 0 Å². The minimum absolute atomic E-state index is 0.0544. The van der Waals surface area contributed by atoms with Crippen LogP contribution in [-0.4, -0.2) is 37.4 Å². The zero-order valence-electron chi connectivity index (χ0n) is 11.6. The lowest BCUT2D eigenvalue weighted by Gasteiger charge is -2.13. The molecule has 0 spiro atoms. The molecule has 0 unspecified atom stereocenters. The van der Waals surface area contributed by atoms with Gasteiger partial charge in [0.15, 0.2) is 0 Å². The van der Waals surface area contributed by atoms with Gasteiger partial charge in [0, 0.05) is 18.5 Å². The Bertz CT molecular complexity index is 418. The summed E-state index contributed by atoms with van der Waals surface area (Å²) in [5.41, 5.74) is 1.07. The van der Waals surface area contributed by atoms with Crippen LogP contribution in [0.3, 0.4) is 0 Å². The van der Waals surface area contributed by atoms with Crippen molar-refractivity contribution in [3.05, 3.63) is 35.9 Å². The van der Waals surface area contributed by atoms with E-state index in [1.165, 1.54) is 0 Å². The maximum absolute atomic E-state index is 11.5. The summed E-state index contributed by atoms with van der Waals surface area (Å²) in [4.78, 5) is 11.5. The van der Waals surface area contributed by atoms with Crippen molar-refractivity contribution in [2.75, 3.05) is 26.3 Å². The highest BCUT2D eigenvalue weighted by atomic mass is 16.5. The molecule has 1 aromatic rings. The van der Waals surface area contributed by atoms with E-state index in [2.05, 4.69) is 10.6 Å². The van der Waals surface area contributed by atoms with Gasteiger partial charge in [0.25, 0.3) is 0 Å². The first-order valence-corrected chi connectivity index (χ1v) is 6.98. The molecule has 0 heterocycles. The molecule has 0 radical (unpaired) electrons. The summed E-state index contributed by atoms with van der Waals surface area (Å²) in [5, 5.41) is 14.6. The summed E-state index contributed by atoms with van der Waals surface area (Å²) < 4.78 is 5.47. The number of aliphatic hydroxyl groups is 1. The van der Waals surface area contributed by atoms with E-state index in [1.807, 2.05) is 30.3 Å². The molecular weight excluding hydrogens is 256 g/mol. The van der Waals surface area contributed by atoms with Crippen LogP contribution in [0.2, 0.25) is 0 Å². The lowest BCUT2D eigenvalue weighted by molar-refractivity contribution is 0.123. The monoisotopic (exact) mass is 278 g/mol. The average molecular weight is 278 g/mol. The Kier molecular flexibility index (Phi) is 5.38. The molecule has 20 heavy (non-hydrogen) atoms. The van der Waals surface area contributed by atoms with Gasteiger partial charge in [0.05, 0.1) is 19.8 Å². The molecule has 110 valence electrons. The predicted molar refractivity (Wildman–Crippen MR) is 76.3 cm³/mol. The zero-order chi connectivity index (χ0) is 14.3. The Morgan fingerprint density at radius 1 is 1.25 bits per heavy atom. The molecular formula is C15H22N2O3. The molecule has 0 aliphatic heterocycles. The number of amides is 2. The second-order valence-corrected chi connectivity index (χ2v) is 5.31. The van der Waals surface area contributed by atoms with Gasteiger partial charge in [0.2, 0.25) is 0 Å². The fourth-order valence-corrected chi connectivity index (χ4v) is 1.90. The number of ether oxygens (including phenoxy) is 1. The topological polar surface area (TPSA) is 70.6 Å². The van der Waals surface area contributed by atoms with E-state index < -0.39 is 0 Å². The molecule has 2 rings (SSSR count). The maximum Gasteiger partial charge on any atom is 0.314 e. The maximum atomic E-state index is 11.5. The van der Waals surface area contributed by atoms with Crippen molar-refractivity contribution in [2.45, 2.75) is 19.4 Å². The van der Waals surface area contributed by atoms with Crippen LogP contribution in [0, 0.1) is 5.41 Å². The Balaban J connectivity index is 1.49. The first-order valence-electron chi connectivity index (χ1n) is 6.98. The Morgan fingerprint density at radius 2 is 2.00 bits per heavy atom. The van der Waals surface area contributed by atoms with Gasteiger partial charge in [-0.05, 0) is 18.4 Å². The second kappa shape index (κ2) is 7.26. The van der Waals surface area contributed by atoms with Crippen molar-refractivity contribution >= 4 is 6.03 Å². The number of urea groups is 1. The number of carbonyl (C=O) groups is 1. The van der Waals surface area contributed by atoms with Crippen LogP contribution in [0.1, 0.15) is 18.4 Å². The van der Waals surface area contributed by atoms with E-state index in [0.29, 0.717) is 26.3 Å². The third kappa shape index (κ3) is 4.83. The zero-order valence-corrected chi connectivity index (χ0v) is 11.6. The van der Waals surface area contributed by atoms with E-state index in [9.17, 15) is 4.79 Å². The van der Waals surface area contributed by atoms with Crippen molar-refractivity contribution in [3.8, 4) is 0 Å². The van der Waals surface area contributed by atoms with Crippen molar-refractivity contribution in [1.82, 2.24) is 10.6 Å². The first kappa shape index (κ1) is 14.8. The van der Waals surface area contributed by atoms with Crippen LogP contribution in [0.4, 0.5) is 4.79 Å². The molecule has 1 aliphatic carbocycles. The molecule has 1 aliphatic rings. The van der Waals surface area contributed by atoms with Crippen molar-refractivity contribution < 1.29 is 14.6 Å². The number of hydrogen-bond acceptors (Lipinski definition) is 3. The average Bonchev–Trinajstić information content (AvgIpc) is 3.26. The molecule has 1 aromatic carbocycles. The lowest BCUT2D eigenvalue weighted by Crippen LogP contribution is -2.40. The Hall–Kier alpha value is -1.59. The van der Waals surface area contributed by atoms with Crippen LogP contribution >= 0.6 is 0 Å². The van der Waals surface area contributed by atoms with E-state index in [-0.39, 0.29) is 18.1 Å². The molecule has 0 saturated heterocycles. The third-order valence-electron chi connectivity index (χ3n) is 3.56. The number of aliphatic hydroxyl groups excluding tert-OH is 1. The van der Waals surface area contributed by atoms with Gasteiger partial charge in [-0.25, -0.2) is 4.79 Å². The summed E-state index contributed by atoms with van der Waals surface area (Å²) in [6.07, 6.45) is 1.98. The van der Waals surface area contributed by atoms with Crippen LogP contribution in [0.25, 0.3) is 0 Å². The smallest absolute Gasteiger partial charge is 0.314 e. The van der Waals surface area contributed by atoms with E-state index in [1.54, 1.807) is 0 Å². The summed E-state index contributed by atoms with van der Waals surface area (Å²) in [7, 11) is 0. The number of nitrogens with one attached hydrogen (secondary N) is 2. The largest absolute Gasteiger partial charge is 0.396 e. The van der Waals surface area contributed by atoms with Gasteiger partial charge in [-0.15, -0.1) is 0 Å². The molecule has 0 bridgehead atoms. The lowest BCUT2D eigenvalue weighted by atomic mass is 10.1. The number of rotatable bonds is 8. The Morgan fingerprint density at radius 3 is 2.65 bits per heavy atom. The van der Waals surface area contributed by atoms with Gasteiger partial charge in [-0.3, -0.25) is 0 Å². The molecule has 5 nitrogen and oxygen atoms in total. The highest BCUT2D eigenvalue weighted by Gasteiger charge is 2.41. The van der Waals surface area contributed by atoms with Crippen molar-refractivity contribution in [1.29, 1.82) is 0 Å². The SMILES string of the molecule is O=C(NCCOCc1ccccc1)NCC1(CO)CC1. The van der Waals surface area contributed by atoms with Crippen LogP contribution in [-0.2, 0) is 11.3 Å². The van der Waals surface area contributed by atoms with Crippen LogP contribution in [0.5, 0.6) is 0 Å². The highest BCUT2D eigenvalue weighted by molar-refractivity contribution is 5.73. The summed E-state index contributed by atoms with van der Waals surface area (Å²) in [5.74, 6) is 0. The van der Waals surface area contributed by atoms with Crippen LogP contribution < -0.4 is 10.6 Å². The number of benzene rings is 1. The van der Waals surface area contributed by atoms with Gasteiger partial charge >= 0.3 is 6.03 Å². The predicted octanol–water partition coefficient (Wildman–Crippen LogP) is 1.27. The minimum Gasteiger partial charge on any atom is -0.396 e. The number of carbonyl (C=O) groups excluding carboxylic acids is 1. The molecule has 2 amide bonds. The third-order valence-corrected chi connectivity index (χ3v) is 3.56. The normalized spacial score (nSPS) is 15.7. The standard InChI is InChI=1S/C15H22N2O3/c18-12-15(6-7-15)11-17-14(19)16-8-9-20-10-13-4-2-1-3-5-13/h1-5,18H,6-12H2,(H2,16,17,19). The fourth-order valence-electron chi connectivity index (χ4n) is 1.90. The van der Waals surface area contributed by atoms with Crippen LogP contribution in [0.15, 0.2) is 30.3 Å². The Labute approximate surface area is 119 Å². The van der Waals surface area contributed by atoms with E-state index in [0.717, 1.165) is 18.4 Å². The summed E-state index contributed by atoms with van der Waals surface area (Å²) in [6, 6.07) is 9.72. The summed E-state index contributed by atoms with van der Waals surface area (Å²) in [6.45, 7) is 2.20. The fraction of sp³-hybridized carbons (Fsp3) is 0.533. The minimum atomic E-state index is -0.201. The van der Waals surface area contributed by atoms with Gasteiger partial charge in [-0.1, -0.05) is 30.3 Å². The molecule has 0 aromatic heterocycles. The molecule has 0 atom stereocenters. The first-order chi connectivity index (χ1) is 9.74. The molecule has 1 fully saturated rings.